The first kappa shape index (κ1) is 21.6. The van der Waals surface area contributed by atoms with Gasteiger partial charge in [-0.15, -0.1) is 11.3 Å². The number of esters is 1. The first-order chi connectivity index (χ1) is 16.0. The van der Waals surface area contributed by atoms with Crippen molar-refractivity contribution in [1.29, 1.82) is 0 Å². The number of nitro groups is 1. The molecular weight excluding hydrogens is 444 g/mol. The summed E-state index contributed by atoms with van der Waals surface area (Å²) < 4.78 is 11.2. The lowest BCUT2D eigenvalue weighted by atomic mass is 9.93. The average molecular weight is 469 g/mol. The van der Waals surface area contributed by atoms with Gasteiger partial charge in [0.2, 0.25) is 5.75 Å². The Hall–Kier alpha value is -3.20. The van der Waals surface area contributed by atoms with Gasteiger partial charge >= 0.3 is 11.7 Å². The molecule has 0 aliphatic heterocycles. The summed E-state index contributed by atoms with van der Waals surface area (Å²) in [4.78, 5) is 29.4. The standard InChI is InChI=1S/C24H24N2O6S/c1-2-31-24(28)21-14-8-4-6-10-19(14)33-23(21)25-12-15-20-13-7-3-5-9-17(13)32-18(20)11-16(22(15)27)26(29)30/h11-12,27H,2-10H2,1H3/b25-12+. The number of nitro benzene ring substituents is 1. The molecule has 2 heterocycles. The first-order valence-corrected chi connectivity index (χ1v) is 12.1. The predicted octanol–water partition coefficient (Wildman–Crippen LogP) is 5.79. The highest BCUT2D eigenvalue weighted by molar-refractivity contribution is 7.16. The van der Waals surface area contributed by atoms with Crippen LogP contribution in [0.1, 0.15) is 70.3 Å². The van der Waals surface area contributed by atoms with Gasteiger partial charge < -0.3 is 14.3 Å². The van der Waals surface area contributed by atoms with E-state index in [0.717, 1.165) is 73.1 Å². The number of benzene rings is 1. The van der Waals surface area contributed by atoms with Crippen LogP contribution < -0.4 is 0 Å². The second-order valence-electron chi connectivity index (χ2n) is 8.37. The van der Waals surface area contributed by atoms with Crippen molar-refractivity contribution in [1.82, 2.24) is 0 Å². The molecule has 0 amide bonds. The van der Waals surface area contributed by atoms with Crippen LogP contribution >= 0.6 is 11.3 Å². The van der Waals surface area contributed by atoms with Gasteiger partial charge in [0.25, 0.3) is 0 Å². The molecule has 1 N–H and O–H groups in total. The summed E-state index contributed by atoms with van der Waals surface area (Å²) in [6.45, 7) is 2.03. The third-order valence-electron chi connectivity index (χ3n) is 6.37. The number of ether oxygens (including phenoxy) is 1. The minimum Gasteiger partial charge on any atom is -0.502 e. The number of aliphatic imine (C=N–C) groups is 1. The molecule has 2 aliphatic rings. The second-order valence-corrected chi connectivity index (χ2v) is 9.45. The molecule has 0 radical (unpaired) electrons. The summed E-state index contributed by atoms with van der Waals surface area (Å²) in [6, 6.07) is 1.29. The highest BCUT2D eigenvalue weighted by Gasteiger charge is 2.29. The van der Waals surface area contributed by atoms with Crippen molar-refractivity contribution in [2.75, 3.05) is 6.61 Å². The van der Waals surface area contributed by atoms with Crippen molar-refractivity contribution >= 4 is 45.2 Å². The normalized spacial score (nSPS) is 15.5. The van der Waals surface area contributed by atoms with Crippen molar-refractivity contribution < 1.29 is 24.0 Å². The molecular formula is C24H24N2O6S. The molecule has 0 unspecified atom stereocenters. The van der Waals surface area contributed by atoms with E-state index < -0.39 is 22.3 Å². The molecule has 1 aromatic carbocycles. The topological polar surface area (TPSA) is 115 Å². The van der Waals surface area contributed by atoms with Crippen LogP contribution in [0.4, 0.5) is 10.7 Å². The number of rotatable bonds is 5. The Bertz CT molecular complexity index is 1300. The number of carbonyl (C=O) groups excluding carboxylic acids is 1. The molecule has 9 heteroatoms. The van der Waals surface area contributed by atoms with Crippen LogP contribution in [0.15, 0.2) is 15.5 Å². The smallest absolute Gasteiger partial charge is 0.341 e. The van der Waals surface area contributed by atoms with Crippen LogP contribution in [0, 0.1) is 10.1 Å². The van der Waals surface area contributed by atoms with E-state index >= 15 is 0 Å². The Morgan fingerprint density at radius 2 is 1.97 bits per heavy atom. The molecule has 172 valence electrons. The van der Waals surface area contributed by atoms with Crippen LogP contribution in [0.25, 0.3) is 11.0 Å². The number of phenols is 1. The van der Waals surface area contributed by atoms with Crippen LogP contribution in [0.3, 0.4) is 0 Å². The van der Waals surface area contributed by atoms with Gasteiger partial charge in [-0.05, 0) is 57.4 Å². The zero-order chi connectivity index (χ0) is 23.1. The number of thiophene rings is 1. The number of aromatic hydroxyl groups is 1. The van der Waals surface area contributed by atoms with E-state index in [-0.39, 0.29) is 12.2 Å². The SMILES string of the molecule is CCOC(=O)c1c(/N=C/c2c(O)c([N+](=O)[O-])cc3oc4c(c23)CCCC4)sc2c1CCCC2. The number of hydrogen-bond acceptors (Lipinski definition) is 8. The highest BCUT2D eigenvalue weighted by atomic mass is 32.1. The number of hydrogen-bond donors (Lipinski definition) is 1. The Labute approximate surface area is 194 Å². The van der Waals surface area contributed by atoms with Crippen LogP contribution in [-0.2, 0) is 30.4 Å². The third-order valence-corrected chi connectivity index (χ3v) is 7.57. The summed E-state index contributed by atoms with van der Waals surface area (Å²) in [5.74, 6) is -0.0350. The third kappa shape index (κ3) is 3.70. The molecule has 0 bridgehead atoms. The Balaban J connectivity index is 1.68. The van der Waals surface area contributed by atoms with Gasteiger partial charge in [-0.25, -0.2) is 9.79 Å². The van der Waals surface area contributed by atoms with Crippen molar-refractivity contribution in [2.45, 2.75) is 58.3 Å². The van der Waals surface area contributed by atoms with E-state index in [4.69, 9.17) is 9.15 Å². The lowest BCUT2D eigenvalue weighted by molar-refractivity contribution is -0.385. The molecule has 0 saturated heterocycles. The lowest BCUT2D eigenvalue weighted by Crippen LogP contribution is -2.09. The molecule has 0 fully saturated rings. The summed E-state index contributed by atoms with van der Waals surface area (Å²) in [5, 5.41) is 23.6. The summed E-state index contributed by atoms with van der Waals surface area (Å²) in [5.41, 5.74) is 2.65. The maximum Gasteiger partial charge on any atom is 0.341 e. The predicted molar refractivity (Wildman–Crippen MR) is 125 cm³/mol. The van der Waals surface area contributed by atoms with Crippen molar-refractivity contribution in [3.05, 3.63) is 49.1 Å². The van der Waals surface area contributed by atoms with E-state index in [1.54, 1.807) is 6.92 Å². The zero-order valence-electron chi connectivity index (χ0n) is 18.3. The van der Waals surface area contributed by atoms with Gasteiger partial charge in [0.1, 0.15) is 16.3 Å². The molecule has 0 spiro atoms. The fourth-order valence-electron chi connectivity index (χ4n) is 4.88. The number of nitrogens with zero attached hydrogens (tertiary/aromatic N) is 2. The number of phenolic OH excluding ortho intramolecular Hbond substituents is 1. The van der Waals surface area contributed by atoms with Gasteiger partial charge in [0.05, 0.1) is 28.7 Å². The van der Waals surface area contributed by atoms with Gasteiger partial charge in [0.15, 0.2) is 0 Å². The maximum absolute atomic E-state index is 12.7. The van der Waals surface area contributed by atoms with E-state index in [0.29, 0.717) is 21.5 Å². The molecule has 2 aliphatic carbocycles. The number of aryl methyl sites for hydroxylation is 3. The van der Waals surface area contributed by atoms with Gasteiger partial charge in [-0.2, -0.15) is 0 Å². The van der Waals surface area contributed by atoms with E-state index in [9.17, 15) is 20.0 Å². The van der Waals surface area contributed by atoms with Crippen molar-refractivity contribution in [3.8, 4) is 5.75 Å². The van der Waals surface area contributed by atoms with Crippen LogP contribution in [-0.4, -0.2) is 28.8 Å². The molecule has 5 rings (SSSR count). The Morgan fingerprint density at radius 1 is 1.24 bits per heavy atom. The monoisotopic (exact) mass is 468 g/mol. The average Bonchev–Trinajstić information content (AvgIpc) is 3.36. The molecule has 33 heavy (non-hydrogen) atoms. The quantitative estimate of drug-likeness (QED) is 0.219. The molecule has 0 atom stereocenters. The van der Waals surface area contributed by atoms with Gasteiger partial charge in [0, 0.05) is 28.5 Å². The molecule has 8 nitrogen and oxygen atoms in total. The lowest BCUT2D eigenvalue weighted by Gasteiger charge is -2.11. The van der Waals surface area contributed by atoms with Crippen LogP contribution in [0.5, 0.6) is 5.75 Å². The Kier molecular flexibility index (Phi) is 5.65. The summed E-state index contributed by atoms with van der Waals surface area (Å²) in [6.07, 6.45) is 8.73. The summed E-state index contributed by atoms with van der Waals surface area (Å²) in [7, 11) is 0. The fourth-order valence-corrected chi connectivity index (χ4v) is 6.10. The van der Waals surface area contributed by atoms with Gasteiger partial charge in [-0.1, -0.05) is 0 Å². The molecule has 0 saturated carbocycles. The fraction of sp³-hybridized carbons (Fsp3) is 0.417. The van der Waals surface area contributed by atoms with E-state index in [2.05, 4.69) is 4.99 Å². The molecule has 3 aromatic rings. The minimum absolute atomic E-state index is 0.257. The molecule has 2 aromatic heterocycles. The zero-order valence-corrected chi connectivity index (χ0v) is 19.1. The second kappa shape index (κ2) is 8.62. The minimum atomic E-state index is -0.623. The number of fused-ring (bicyclic) bond motifs is 4. The Morgan fingerprint density at radius 3 is 2.73 bits per heavy atom. The largest absolute Gasteiger partial charge is 0.502 e. The van der Waals surface area contributed by atoms with Crippen LogP contribution in [0.2, 0.25) is 0 Å². The van der Waals surface area contributed by atoms with E-state index in [1.807, 2.05) is 0 Å². The van der Waals surface area contributed by atoms with E-state index in [1.165, 1.54) is 23.6 Å². The maximum atomic E-state index is 12.7. The highest BCUT2D eigenvalue weighted by Crippen LogP contribution is 2.43. The number of furan rings is 1. The summed E-state index contributed by atoms with van der Waals surface area (Å²) >= 11 is 1.45. The number of carbonyl (C=O) groups is 1. The first-order valence-electron chi connectivity index (χ1n) is 11.3. The van der Waals surface area contributed by atoms with Crippen molar-refractivity contribution in [2.24, 2.45) is 4.99 Å². The van der Waals surface area contributed by atoms with Gasteiger partial charge in [-0.3, -0.25) is 10.1 Å². The van der Waals surface area contributed by atoms with Crippen molar-refractivity contribution in [3.63, 3.8) is 0 Å².